The molecular weight excluding hydrogens is 272 g/mol. The van der Waals surface area contributed by atoms with Crippen molar-refractivity contribution in [1.29, 1.82) is 0 Å². The predicted molar refractivity (Wildman–Crippen MR) is 74.9 cm³/mol. The van der Waals surface area contributed by atoms with Crippen molar-refractivity contribution in [2.75, 3.05) is 11.2 Å². The summed E-state index contributed by atoms with van der Waals surface area (Å²) in [6, 6.07) is 13.6. The van der Waals surface area contributed by atoms with Gasteiger partial charge in [-0.3, -0.25) is 0 Å². The Morgan fingerprint density at radius 1 is 1.06 bits per heavy atom. The topological polar surface area (TPSA) is 12.0 Å². The molecule has 0 spiro atoms. The van der Waals surface area contributed by atoms with Gasteiger partial charge < -0.3 is 5.32 Å². The van der Waals surface area contributed by atoms with Gasteiger partial charge in [0, 0.05) is 16.6 Å². The molecule has 94 valence electrons. The van der Waals surface area contributed by atoms with E-state index in [0.717, 1.165) is 11.3 Å². The maximum Gasteiger partial charge on any atom is 0.123 e. The number of nitrogens with one attached hydrogen (secondary N) is 1. The van der Waals surface area contributed by atoms with Crippen molar-refractivity contribution >= 4 is 28.9 Å². The lowest BCUT2D eigenvalue weighted by Gasteiger charge is -2.19. The zero-order valence-corrected chi connectivity index (χ0v) is 11.0. The summed E-state index contributed by atoms with van der Waals surface area (Å²) in [5, 5.41) is 3.89. The molecule has 18 heavy (non-hydrogen) atoms. The Hall–Kier alpha value is -1.25. The summed E-state index contributed by atoms with van der Waals surface area (Å²) >= 11 is 12.1. The Morgan fingerprint density at radius 3 is 2.33 bits per heavy atom. The van der Waals surface area contributed by atoms with E-state index in [4.69, 9.17) is 23.2 Å². The lowest BCUT2D eigenvalue weighted by atomic mass is 10.1. The van der Waals surface area contributed by atoms with Crippen LogP contribution in [0.2, 0.25) is 5.02 Å². The SMILES string of the molecule is Fc1ccc(NC(CCl)c2ccccc2Cl)cc1. The van der Waals surface area contributed by atoms with Crippen LogP contribution in [0.3, 0.4) is 0 Å². The first-order valence-electron chi connectivity index (χ1n) is 5.53. The zero-order chi connectivity index (χ0) is 13.0. The highest BCUT2D eigenvalue weighted by Gasteiger charge is 2.13. The second kappa shape index (κ2) is 6.07. The molecule has 2 aromatic rings. The molecule has 0 saturated heterocycles. The van der Waals surface area contributed by atoms with Crippen molar-refractivity contribution in [2.45, 2.75) is 6.04 Å². The van der Waals surface area contributed by atoms with Crippen LogP contribution in [0.15, 0.2) is 48.5 Å². The van der Waals surface area contributed by atoms with Gasteiger partial charge in [-0.2, -0.15) is 0 Å². The number of alkyl halides is 1. The highest BCUT2D eigenvalue weighted by molar-refractivity contribution is 6.31. The van der Waals surface area contributed by atoms with Crippen LogP contribution in [0.4, 0.5) is 10.1 Å². The lowest BCUT2D eigenvalue weighted by molar-refractivity contribution is 0.628. The van der Waals surface area contributed by atoms with Gasteiger partial charge in [0.25, 0.3) is 0 Å². The highest BCUT2D eigenvalue weighted by atomic mass is 35.5. The third kappa shape index (κ3) is 3.15. The summed E-state index contributed by atoms with van der Waals surface area (Å²) in [7, 11) is 0. The number of benzene rings is 2. The van der Waals surface area contributed by atoms with E-state index in [0.29, 0.717) is 10.9 Å². The van der Waals surface area contributed by atoms with Gasteiger partial charge in [-0.05, 0) is 35.9 Å². The molecule has 0 fully saturated rings. The molecule has 0 radical (unpaired) electrons. The third-order valence-corrected chi connectivity index (χ3v) is 3.27. The van der Waals surface area contributed by atoms with Crippen LogP contribution in [0.25, 0.3) is 0 Å². The van der Waals surface area contributed by atoms with Crippen LogP contribution in [0.1, 0.15) is 11.6 Å². The fourth-order valence-electron chi connectivity index (χ4n) is 1.70. The van der Waals surface area contributed by atoms with E-state index < -0.39 is 0 Å². The fraction of sp³-hybridized carbons (Fsp3) is 0.143. The van der Waals surface area contributed by atoms with Gasteiger partial charge in [-0.1, -0.05) is 29.8 Å². The first-order chi connectivity index (χ1) is 8.70. The summed E-state index contributed by atoms with van der Waals surface area (Å²) in [6.07, 6.45) is 0. The van der Waals surface area contributed by atoms with Crippen LogP contribution in [-0.2, 0) is 0 Å². The van der Waals surface area contributed by atoms with E-state index >= 15 is 0 Å². The van der Waals surface area contributed by atoms with E-state index in [1.165, 1.54) is 12.1 Å². The van der Waals surface area contributed by atoms with Crippen molar-refractivity contribution in [3.05, 3.63) is 64.9 Å². The molecule has 1 nitrogen and oxygen atoms in total. The summed E-state index contributed by atoms with van der Waals surface area (Å²) in [4.78, 5) is 0. The van der Waals surface area contributed by atoms with Crippen LogP contribution in [0, 0.1) is 5.82 Å². The molecule has 0 aliphatic rings. The van der Waals surface area contributed by atoms with Crippen molar-refractivity contribution in [2.24, 2.45) is 0 Å². The van der Waals surface area contributed by atoms with E-state index in [2.05, 4.69) is 5.32 Å². The minimum atomic E-state index is -0.263. The Kier molecular flexibility index (Phi) is 4.45. The number of halogens is 3. The molecule has 1 atom stereocenters. The van der Waals surface area contributed by atoms with Crippen LogP contribution in [0.5, 0.6) is 0 Å². The Morgan fingerprint density at radius 2 is 1.72 bits per heavy atom. The van der Waals surface area contributed by atoms with E-state index in [1.807, 2.05) is 24.3 Å². The number of hydrogen-bond acceptors (Lipinski definition) is 1. The smallest absolute Gasteiger partial charge is 0.123 e. The van der Waals surface area contributed by atoms with Crippen molar-refractivity contribution < 1.29 is 4.39 Å². The molecule has 1 unspecified atom stereocenters. The Labute approximate surface area is 116 Å². The summed E-state index contributed by atoms with van der Waals surface area (Å²) < 4.78 is 12.8. The average Bonchev–Trinajstić information content (AvgIpc) is 2.39. The zero-order valence-electron chi connectivity index (χ0n) is 9.54. The standard InChI is InChI=1S/C14H12Cl2FN/c15-9-14(12-3-1-2-4-13(12)16)18-11-7-5-10(17)6-8-11/h1-8,14,18H,9H2. The maximum atomic E-state index is 12.8. The van der Waals surface area contributed by atoms with Crippen molar-refractivity contribution in [3.63, 3.8) is 0 Å². The monoisotopic (exact) mass is 283 g/mol. The molecule has 0 aliphatic carbocycles. The van der Waals surface area contributed by atoms with Crippen molar-refractivity contribution in [1.82, 2.24) is 0 Å². The number of anilines is 1. The predicted octanol–water partition coefficient (Wildman–Crippen LogP) is 4.87. The molecular formula is C14H12Cl2FN. The van der Waals surface area contributed by atoms with Gasteiger partial charge in [0.15, 0.2) is 0 Å². The first-order valence-corrected chi connectivity index (χ1v) is 6.44. The van der Waals surface area contributed by atoms with E-state index in [1.54, 1.807) is 12.1 Å². The molecule has 0 aromatic heterocycles. The Balaban J connectivity index is 2.20. The van der Waals surface area contributed by atoms with Gasteiger partial charge in [0.2, 0.25) is 0 Å². The van der Waals surface area contributed by atoms with E-state index in [9.17, 15) is 4.39 Å². The van der Waals surface area contributed by atoms with Crippen molar-refractivity contribution in [3.8, 4) is 0 Å². The van der Waals surface area contributed by atoms with Gasteiger partial charge in [-0.15, -0.1) is 11.6 Å². The van der Waals surface area contributed by atoms with Gasteiger partial charge in [0.1, 0.15) is 5.82 Å². The summed E-state index contributed by atoms with van der Waals surface area (Å²) in [6.45, 7) is 0. The molecule has 1 N–H and O–H groups in total. The second-order valence-corrected chi connectivity index (χ2v) is 4.60. The number of hydrogen-bond donors (Lipinski definition) is 1. The minimum Gasteiger partial charge on any atom is -0.377 e. The van der Waals surface area contributed by atoms with Crippen LogP contribution >= 0.6 is 23.2 Å². The fourth-order valence-corrected chi connectivity index (χ4v) is 2.22. The molecule has 4 heteroatoms. The summed E-state index contributed by atoms with van der Waals surface area (Å²) in [5.41, 5.74) is 1.74. The normalized spacial score (nSPS) is 12.2. The molecule has 0 heterocycles. The van der Waals surface area contributed by atoms with Crippen LogP contribution < -0.4 is 5.32 Å². The molecule has 0 saturated carbocycles. The van der Waals surface area contributed by atoms with Gasteiger partial charge >= 0.3 is 0 Å². The van der Waals surface area contributed by atoms with Gasteiger partial charge in [-0.25, -0.2) is 4.39 Å². The Bertz CT molecular complexity index is 513. The second-order valence-electron chi connectivity index (χ2n) is 3.88. The quantitative estimate of drug-likeness (QED) is 0.790. The molecule has 2 aromatic carbocycles. The molecule has 0 aliphatic heterocycles. The highest BCUT2D eigenvalue weighted by Crippen LogP contribution is 2.27. The summed E-state index contributed by atoms with van der Waals surface area (Å²) in [5.74, 6) is 0.113. The van der Waals surface area contributed by atoms with Gasteiger partial charge in [0.05, 0.1) is 6.04 Å². The maximum absolute atomic E-state index is 12.8. The first kappa shape index (κ1) is 13.2. The average molecular weight is 284 g/mol. The largest absolute Gasteiger partial charge is 0.377 e. The van der Waals surface area contributed by atoms with E-state index in [-0.39, 0.29) is 11.9 Å². The van der Waals surface area contributed by atoms with Crippen LogP contribution in [-0.4, -0.2) is 5.88 Å². The minimum absolute atomic E-state index is 0.106. The third-order valence-electron chi connectivity index (χ3n) is 2.62. The molecule has 0 amide bonds. The molecule has 0 bridgehead atoms. The lowest BCUT2D eigenvalue weighted by Crippen LogP contribution is -2.12. The number of rotatable bonds is 4. The molecule has 2 rings (SSSR count).